The van der Waals surface area contributed by atoms with Crippen LogP contribution in [0.4, 0.5) is 5.82 Å². The van der Waals surface area contributed by atoms with Gasteiger partial charge in [0.2, 0.25) is 0 Å². The first-order valence-electron chi connectivity index (χ1n) is 13.9. The number of anilines is 1. The van der Waals surface area contributed by atoms with Gasteiger partial charge in [-0.15, -0.1) is 0 Å². The van der Waals surface area contributed by atoms with E-state index in [1.807, 2.05) is 26.2 Å². The highest BCUT2D eigenvalue weighted by Crippen LogP contribution is 2.52. The molecule has 4 atom stereocenters. The van der Waals surface area contributed by atoms with Gasteiger partial charge in [0.15, 0.2) is 17.7 Å². The number of hydrogen-bond donors (Lipinski definition) is 1. The molecule has 2 aromatic rings. The predicted octanol–water partition coefficient (Wildman–Crippen LogP) is 6.42. The van der Waals surface area contributed by atoms with E-state index in [9.17, 15) is 0 Å². The molecule has 13 heteroatoms. The third-order valence-corrected chi connectivity index (χ3v) is 21.0. The van der Waals surface area contributed by atoms with E-state index in [1.165, 1.54) is 6.33 Å². The Hall–Kier alpha value is -0.676. The normalized spacial score (nSPS) is 27.4. The number of nitrogens with zero attached hydrogens (tertiary/aromatic N) is 4. The summed E-state index contributed by atoms with van der Waals surface area (Å²) in [5.74, 6) is 1.41. The zero-order chi connectivity index (χ0) is 27.8. The zero-order valence-corrected chi connectivity index (χ0v) is 27.8. The first-order valence-corrected chi connectivity index (χ1v) is 20.2. The van der Waals surface area contributed by atoms with Crippen molar-refractivity contribution in [3.8, 4) is 0 Å². The second-order valence-corrected chi connectivity index (χ2v) is 23.1. The molecular weight excluding hydrogens is 555 g/mol. The van der Waals surface area contributed by atoms with Crippen molar-refractivity contribution in [2.45, 2.75) is 115 Å². The number of aromatic nitrogens is 4. The van der Waals surface area contributed by atoms with Gasteiger partial charge in [0.05, 0.1) is 24.3 Å². The van der Waals surface area contributed by atoms with Crippen molar-refractivity contribution < 1.29 is 17.7 Å². The molecule has 2 fully saturated rings. The minimum absolute atomic E-state index is 0.00557. The Morgan fingerprint density at radius 3 is 2.26 bits per heavy atom. The smallest absolute Gasteiger partial charge is 0.335 e. The maximum absolute atomic E-state index is 7.41. The van der Waals surface area contributed by atoms with Gasteiger partial charge in [0.1, 0.15) is 17.9 Å². The molecular formula is C25H45N5O4S2Si2. The van der Waals surface area contributed by atoms with E-state index < -0.39 is 17.1 Å². The van der Waals surface area contributed by atoms with Gasteiger partial charge in [-0.1, -0.05) is 83.9 Å². The summed E-state index contributed by atoms with van der Waals surface area (Å²) in [6.07, 6.45) is 3.60. The van der Waals surface area contributed by atoms with Crippen molar-refractivity contribution in [1.29, 1.82) is 0 Å². The van der Waals surface area contributed by atoms with Crippen LogP contribution in [0.2, 0.25) is 22.2 Å². The molecule has 4 heterocycles. The molecule has 0 saturated carbocycles. The Kier molecular flexibility index (Phi) is 9.61. The molecule has 2 N–H and O–H groups in total. The number of hydrogen-bond acceptors (Lipinski definition) is 10. The molecule has 9 nitrogen and oxygen atoms in total. The lowest BCUT2D eigenvalue weighted by Crippen LogP contribution is -2.65. The summed E-state index contributed by atoms with van der Waals surface area (Å²) in [5.41, 5.74) is 8.45. The van der Waals surface area contributed by atoms with E-state index in [-0.39, 0.29) is 45.9 Å². The Balaban J connectivity index is 1.81. The second-order valence-electron chi connectivity index (χ2n) is 11.6. The molecule has 0 aliphatic carbocycles. The fourth-order valence-corrected chi connectivity index (χ4v) is 20.0. The van der Waals surface area contributed by atoms with Gasteiger partial charge in [-0.25, -0.2) is 15.0 Å². The SMILES string of the molecule is CCCSS[C@@H]1[C@@H]2O[Si](C(C)C)(C(C)C)O[Si](C(C)C)(C(C)C)OC[C@H]2O[C@H]1n1cnc2c(N)ncnc21. The first kappa shape index (κ1) is 30.3. The lowest BCUT2D eigenvalue weighted by Gasteiger charge is -2.51. The monoisotopic (exact) mass is 599 g/mol. The molecule has 0 aromatic carbocycles. The standard InChI is InChI=1S/C25H45N5O4S2Si2/c1-10-11-35-36-22-21-19(32-25(22)30-14-29-20-23(26)27-13-28-24(20)30)12-31-37(15(2)3,16(4)5)34-38(33-21,17(6)7)18(8)9/h13-19,21-22,25H,10-12H2,1-9H3,(H2,26,27,28)/t19-,21-,22-,25-/m1/s1. The molecule has 2 aliphatic heterocycles. The zero-order valence-electron chi connectivity index (χ0n) is 24.2. The number of nitrogen functional groups attached to an aromatic ring is 1. The molecule has 0 spiro atoms. The van der Waals surface area contributed by atoms with Gasteiger partial charge in [0, 0.05) is 5.75 Å². The average Bonchev–Trinajstić information content (AvgIpc) is 3.41. The highest BCUT2D eigenvalue weighted by Gasteiger charge is 2.62. The highest BCUT2D eigenvalue weighted by atomic mass is 33.1. The van der Waals surface area contributed by atoms with Gasteiger partial charge >= 0.3 is 17.1 Å². The maximum atomic E-state index is 7.41. The second kappa shape index (κ2) is 12.1. The van der Waals surface area contributed by atoms with Crippen molar-refractivity contribution in [3.63, 3.8) is 0 Å². The molecule has 0 radical (unpaired) electrons. The van der Waals surface area contributed by atoms with E-state index in [1.54, 1.807) is 6.33 Å². The predicted molar refractivity (Wildman–Crippen MR) is 162 cm³/mol. The van der Waals surface area contributed by atoms with E-state index >= 15 is 0 Å². The van der Waals surface area contributed by atoms with Crippen molar-refractivity contribution in [2.75, 3.05) is 18.1 Å². The van der Waals surface area contributed by atoms with E-state index in [4.69, 9.17) is 23.4 Å². The quantitative estimate of drug-likeness (QED) is 0.197. The fraction of sp³-hybridized carbons (Fsp3) is 0.800. The van der Waals surface area contributed by atoms with E-state index in [2.05, 4.69) is 77.3 Å². The van der Waals surface area contributed by atoms with Crippen molar-refractivity contribution >= 4 is 55.7 Å². The number of nitrogens with two attached hydrogens (primary N) is 1. The lowest BCUT2D eigenvalue weighted by atomic mass is 10.2. The van der Waals surface area contributed by atoms with Gasteiger partial charge in [-0.3, -0.25) is 4.57 Å². The van der Waals surface area contributed by atoms with Crippen LogP contribution < -0.4 is 5.73 Å². The van der Waals surface area contributed by atoms with Crippen molar-refractivity contribution in [3.05, 3.63) is 12.7 Å². The minimum Gasteiger partial charge on any atom is -0.414 e. The van der Waals surface area contributed by atoms with Crippen LogP contribution in [0.1, 0.15) is 75.0 Å². The maximum Gasteiger partial charge on any atom is 0.335 e. The third kappa shape index (κ3) is 5.33. The molecule has 0 unspecified atom stereocenters. The summed E-state index contributed by atoms with van der Waals surface area (Å²) in [6.45, 7) is 20.6. The van der Waals surface area contributed by atoms with Crippen LogP contribution in [-0.4, -0.2) is 66.5 Å². The summed E-state index contributed by atoms with van der Waals surface area (Å²) in [7, 11) is -1.72. The Bertz CT molecular complexity index is 1070. The Morgan fingerprint density at radius 2 is 1.66 bits per heavy atom. The van der Waals surface area contributed by atoms with Crippen LogP contribution in [0.3, 0.4) is 0 Å². The van der Waals surface area contributed by atoms with Crippen LogP contribution in [0.5, 0.6) is 0 Å². The molecule has 2 aliphatic rings. The lowest BCUT2D eigenvalue weighted by molar-refractivity contribution is -0.0544. The van der Waals surface area contributed by atoms with Gasteiger partial charge in [0.25, 0.3) is 0 Å². The van der Waals surface area contributed by atoms with Gasteiger partial charge in [-0.2, -0.15) is 0 Å². The van der Waals surface area contributed by atoms with E-state index in [0.29, 0.717) is 23.6 Å². The fourth-order valence-electron chi connectivity index (χ4n) is 5.72. The molecule has 4 rings (SSSR count). The largest absolute Gasteiger partial charge is 0.414 e. The molecule has 214 valence electrons. The van der Waals surface area contributed by atoms with E-state index in [0.717, 1.165) is 12.2 Å². The van der Waals surface area contributed by atoms with Gasteiger partial charge < -0.3 is 23.4 Å². The van der Waals surface area contributed by atoms with Crippen LogP contribution in [0.25, 0.3) is 11.2 Å². The molecule has 2 aromatic heterocycles. The number of imidazole rings is 1. The number of fused-ring (bicyclic) bond motifs is 2. The number of ether oxygens (including phenoxy) is 1. The Labute approximate surface area is 237 Å². The summed E-state index contributed by atoms with van der Waals surface area (Å²) < 4.78 is 30.7. The summed E-state index contributed by atoms with van der Waals surface area (Å²) in [6, 6.07) is 0. The molecule has 0 amide bonds. The first-order chi connectivity index (χ1) is 18.0. The third-order valence-electron chi connectivity index (χ3n) is 7.74. The summed E-state index contributed by atoms with van der Waals surface area (Å²) >= 11 is 0. The topological polar surface area (TPSA) is 107 Å². The average molecular weight is 600 g/mol. The highest BCUT2D eigenvalue weighted by molar-refractivity contribution is 8.77. The van der Waals surface area contributed by atoms with Crippen LogP contribution in [-0.2, 0) is 17.7 Å². The number of rotatable bonds is 9. The van der Waals surface area contributed by atoms with Crippen LogP contribution in [0, 0.1) is 0 Å². The van der Waals surface area contributed by atoms with Crippen molar-refractivity contribution in [1.82, 2.24) is 19.5 Å². The van der Waals surface area contributed by atoms with Gasteiger partial charge in [-0.05, 0) is 28.6 Å². The molecule has 2 saturated heterocycles. The van der Waals surface area contributed by atoms with Crippen molar-refractivity contribution in [2.24, 2.45) is 0 Å². The minimum atomic E-state index is -2.77. The Morgan fingerprint density at radius 1 is 1.00 bits per heavy atom. The van der Waals surface area contributed by atoms with Crippen LogP contribution in [0.15, 0.2) is 12.7 Å². The van der Waals surface area contributed by atoms with Crippen LogP contribution >= 0.6 is 21.6 Å². The summed E-state index contributed by atoms with van der Waals surface area (Å²) in [4.78, 5) is 13.2. The summed E-state index contributed by atoms with van der Waals surface area (Å²) in [5, 5.41) is -0.00557. The molecule has 0 bridgehead atoms. The molecule has 38 heavy (non-hydrogen) atoms.